The minimum absolute atomic E-state index is 0.387. The van der Waals surface area contributed by atoms with E-state index in [1.165, 1.54) is 24.9 Å². The van der Waals surface area contributed by atoms with Crippen molar-refractivity contribution in [1.29, 1.82) is 0 Å². The van der Waals surface area contributed by atoms with Gasteiger partial charge >= 0.3 is 0 Å². The van der Waals surface area contributed by atoms with Crippen molar-refractivity contribution in [3.63, 3.8) is 0 Å². The highest BCUT2D eigenvalue weighted by atomic mass is 32.2. The highest BCUT2D eigenvalue weighted by Gasteiger charge is 2.34. The van der Waals surface area contributed by atoms with Gasteiger partial charge in [0.05, 0.1) is 17.9 Å². The van der Waals surface area contributed by atoms with Gasteiger partial charge in [-0.15, -0.1) is 0 Å². The fourth-order valence-corrected chi connectivity index (χ4v) is 5.04. The SMILES string of the molecule is COc1cccc2c1[C@H](C[C@H]1CCCN1C)CS2=O. The highest BCUT2D eigenvalue weighted by molar-refractivity contribution is 7.85. The van der Waals surface area contributed by atoms with E-state index in [2.05, 4.69) is 11.9 Å². The number of rotatable bonds is 3. The van der Waals surface area contributed by atoms with E-state index in [1.54, 1.807) is 7.11 Å². The molecule has 2 aliphatic rings. The van der Waals surface area contributed by atoms with E-state index in [9.17, 15) is 4.21 Å². The maximum atomic E-state index is 12.2. The lowest BCUT2D eigenvalue weighted by Gasteiger charge is -2.23. The molecule has 0 aliphatic carbocycles. The fourth-order valence-electron chi connectivity index (χ4n) is 3.45. The van der Waals surface area contributed by atoms with Gasteiger partial charge in [-0.2, -0.15) is 0 Å². The Kier molecular flexibility index (Phi) is 3.63. The number of ether oxygens (including phenoxy) is 1. The third-order valence-corrected chi connectivity index (χ3v) is 6.03. The Balaban J connectivity index is 1.88. The molecule has 0 radical (unpaired) electrons. The largest absolute Gasteiger partial charge is 0.496 e. The van der Waals surface area contributed by atoms with Crippen LogP contribution in [0.3, 0.4) is 0 Å². The first kappa shape index (κ1) is 13.1. The topological polar surface area (TPSA) is 29.5 Å². The molecule has 2 heterocycles. The molecule has 0 amide bonds. The van der Waals surface area contributed by atoms with Crippen molar-refractivity contribution in [2.75, 3.05) is 26.5 Å². The van der Waals surface area contributed by atoms with Crippen LogP contribution in [-0.4, -0.2) is 41.6 Å². The van der Waals surface area contributed by atoms with Crippen LogP contribution < -0.4 is 4.74 Å². The van der Waals surface area contributed by atoms with Gasteiger partial charge in [0.25, 0.3) is 0 Å². The van der Waals surface area contributed by atoms with Crippen LogP contribution in [0.2, 0.25) is 0 Å². The van der Waals surface area contributed by atoms with Crippen LogP contribution >= 0.6 is 0 Å². The molecule has 19 heavy (non-hydrogen) atoms. The van der Waals surface area contributed by atoms with Gasteiger partial charge < -0.3 is 9.64 Å². The molecule has 3 rings (SSSR count). The first-order chi connectivity index (χ1) is 9.20. The maximum Gasteiger partial charge on any atom is 0.123 e. The zero-order valence-corrected chi connectivity index (χ0v) is 12.4. The molecule has 0 saturated carbocycles. The maximum absolute atomic E-state index is 12.2. The van der Waals surface area contributed by atoms with Crippen molar-refractivity contribution in [3.05, 3.63) is 23.8 Å². The molecule has 1 aromatic rings. The van der Waals surface area contributed by atoms with E-state index in [0.717, 1.165) is 22.8 Å². The lowest BCUT2D eigenvalue weighted by molar-refractivity contribution is 0.284. The third-order valence-electron chi connectivity index (χ3n) is 4.48. The molecule has 1 saturated heterocycles. The van der Waals surface area contributed by atoms with Crippen LogP contribution in [0.5, 0.6) is 5.75 Å². The van der Waals surface area contributed by atoms with Crippen molar-refractivity contribution < 1.29 is 8.95 Å². The van der Waals surface area contributed by atoms with Gasteiger partial charge in [-0.05, 0) is 45.0 Å². The molecular formula is C15H21NO2S. The van der Waals surface area contributed by atoms with Gasteiger partial charge in [0.15, 0.2) is 0 Å². The van der Waals surface area contributed by atoms with Crippen molar-refractivity contribution in [1.82, 2.24) is 4.90 Å². The van der Waals surface area contributed by atoms with Crippen LogP contribution in [0.4, 0.5) is 0 Å². The summed E-state index contributed by atoms with van der Waals surface area (Å²) >= 11 is 0. The molecule has 3 nitrogen and oxygen atoms in total. The van der Waals surface area contributed by atoms with Crippen LogP contribution in [-0.2, 0) is 10.8 Å². The first-order valence-corrected chi connectivity index (χ1v) is 8.28. The van der Waals surface area contributed by atoms with Gasteiger partial charge in [0.1, 0.15) is 5.75 Å². The van der Waals surface area contributed by atoms with Crippen molar-refractivity contribution >= 4 is 10.8 Å². The molecule has 1 unspecified atom stereocenters. The molecule has 0 bridgehead atoms. The zero-order valence-electron chi connectivity index (χ0n) is 11.6. The second-order valence-electron chi connectivity index (χ2n) is 5.59. The van der Waals surface area contributed by atoms with E-state index in [0.29, 0.717) is 12.0 Å². The number of methoxy groups -OCH3 is 1. The van der Waals surface area contributed by atoms with E-state index in [-0.39, 0.29) is 0 Å². The summed E-state index contributed by atoms with van der Waals surface area (Å²) in [5.74, 6) is 2.06. The summed E-state index contributed by atoms with van der Waals surface area (Å²) in [5.41, 5.74) is 1.20. The summed E-state index contributed by atoms with van der Waals surface area (Å²) < 4.78 is 17.7. The zero-order chi connectivity index (χ0) is 13.4. The molecule has 0 aromatic heterocycles. The van der Waals surface area contributed by atoms with Crippen LogP contribution in [0.15, 0.2) is 23.1 Å². The lowest BCUT2D eigenvalue weighted by atomic mass is 9.92. The monoisotopic (exact) mass is 279 g/mol. The summed E-state index contributed by atoms with van der Waals surface area (Å²) in [6.07, 6.45) is 3.66. The van der Waals surface area contributed by atoms with E-state index < -0.39 is 10.8 Å². The number of nitrogens with zero attached hydrogens (tertiary/aromatic N) is 1. The fraction of sp³-hybridized carbons (Fsp3) is 0.600. The summed E-state index contributed by atoms with van der Waals surface area (Å²) in [6.45, 7) is 1.19. The quantitative estimate of drug-likeness (QED) is 0.851. The summed E-state index contributed by atoms with van der Waals surface area (Å²) in [7, 11) is 3.06. The Labute approximate surface area is 117 Å². The molecular weight excluding hydrogens is 258 g/mol. The van der Waals surface area contributed by atoms with Crippen LogP contribution in [0.1, 0.15) is 30.7 Å². The normalized spacial score (nSPS) is 30.5. The molecule has 4 heteroatoms. The Morgan fingerprint density at radius 3 is 3.00 bits per heavy atom. The molecule has 1 fully saturated rings. The van der Waals surface area contributed by atoms with Gasteiger partial charge in [-0.1, -0.05) is 6.07 Å². The predicted octanol–water partition coefficient (Wildman–Crippen LogP) is 2.38. The second-order valence-corrected chi connectivity index (χ2v) is 7.06. The summed E-state index contributed by atoms with van der Waals surface area (Å²) in [4.78, 5) is 3.43. The third kappa shape index (κ3) is 2.32. The van der Waals surface area contributed by atoms with Crippen LogP contribution in [0, 0.1) is 0 Å². The van der Waals surface area contributed by atoms with E-state index in [4.69, 9.17) is 4.74 Å². The Morgan fingerprint density at radius 2 is 2.32 bits per heavy atom. The molecule has 1 aromatic carbocycles. The van der Waals surface area contributed by atoms with Gasteiger partial charge in [-0.3, -0.25) is 4.21 Å². The molecule has 2 aliphatic heterocycles. The predicted molar refractivity (Wildman–Crippen MR) is 77.3 cm³/mol. The lowest BCUT2D eigenvalue weighted by Crippen LogP contribution is -2.27. The number of fused-ring (bicyclic) bond motifs is 1. The smallest absolute Gasteiger partial charge is 0.123 e. The second kappa shape index (κ2) is 5.25. The molecule has 3 atom stereocenters. The van der Waals surface area contributed by atoms with E-state index in [1.807, 2.05) is 18.2 Å². The Hall–Kier alpha value is -0.870. The van der Waals surface area contributed by atoms with Gasteiger partial charge in [0.2, 0.25) is 0 Å². The average Bonchev–Trinajstić information content (AvgIpc) is 2.95. The number of hydrogen-bond acceptors (Lipinski definition) is 3. The van der Waals surface area contributed by atoms with Gasteiger partial charge in [0, 0.05) is 28.2 Å². The average molecular weight is 279 g/mol. The molecule has 0 spiro atoms. The van der Waals surface area contributed by atoms with E-state index >= 15 is 0 Å². The highest BCUT2D eigenvalue weighted by Crippen LogP contribution is 2.42. The minimum atomic E-state index is -0.849. The van der Waals surface area contributed by atoms with Gasteiger partial charge in [-0.25, -0.2) is 0 Å². The minimum Gasteiger partial charge on any atom is -0.496 e. The first-order valence-electron chi connectivity index (χ1n) is 6.96. The number of benzene rings is 1. The number of likely N-dealkylation sites (tertiary alicyclic amines) is 1. The van der Waals surface area contributed by atoms with Crippen LogP contribution in [0.25, 0.3) is 0 Å². The van der Waals surface area contributed by atoms with Crippen molar-refractivity contribution in [2.24, 2.45) is 0 Å². The molecule has 104 valence electrons. The standard InChI is InChI=1S/C15H21NO2S/c1-16-8-4-5-12(16)9-11-10-19(17)14-7-3-6-13(18-2)15(11)14/h3,6-7,11-12H,4-5,8-10H2,1-2H3/t11-,12-,19?/m1/s1. The summed E-state index contributed by atoms with van der Waals surface area (Å²) in [5, 5.41) is 0. The Bertz CT molecular complexity index is 503. The molecule has 0 N–H and O–H groups in total. The number of hydrogen-bond donors (Lipinski definition) is 0. The summed E-state index contributed by atoms with van der Waals surface area (Å²) in [6, 6.07) is 6.57. The van der Waals surface area contributed by atoms with Crippen molar-refractivity contribution in [2.45, 2.75) is 36.1 Å². The Morgan fingerprint density at radius 1 is 1.47 bits per heavy atom. The van der Waals surface area contributed by atoms with Crippen molar-refractivity contribution in [3.8, 4) is 5.75 Å².